The Bertz CT molecular complexity index is 323. The summed E-state index contributed by atoms with van der Waals surface area (Å²) < 4.78 is 6.27. The molecular formula is C16H29NO. The zero-order valence-electron chi connectivity index (χ0n) is 12.5. The van der Waals surface area contributed by atoms with Crippen molar-refractivity contribution in [3.63, 3.8) is 0 Å². The molecule has 0 radical (unpaired) electrons. The zero-order valence-corrected chi connectivity index (χ0v) is 12.5. The molecule has 0 aromatic heterocycles. The van der Waals surface area contributed by atoms with Crippen LogP contribution in [0.1, 0.15) is 66.2 Å². The van der Waals surface area contributed by atoms with E-state index in [1.165, 1.54) is 38.5 Å². The number of piperidine rings is 1. The molecule has 18 heavy (non-hydrogen) atoms. The number of nitrogens with one attached hydrogen (secondary N) is 1. The molecule has 104 valence electrons. The van der Waals surface area contributed by atoms with Crippen molar-refractivity contribution in [2.75, 3.05) is 0 Å². The molecule has 2 saturated heterocycles. The Morgan fingerprint density at radius 1 is 0.944 bits per heavy atom. The highest BCUT2D eigenvalue weighted by Gasteiger charge is 2.50. The van der Waals surface area contributed by atoms with Crippen LogP contribution in [-0.4, -0.2) is 23.3 Å². The van der Waals surface area contributed by atoms with Gasteiger partial charge in [-0.25, -0.2) is 0 Å². The summed E-state index contributed by atoms with van der Waals surface area (Å²) in [6, 6.07) is 1.49. The Labute approximate surface area is 112 Å². The minimum absolute atomic E-state index is 0.0343. The first kappa shape index (κ1) is 12.9. The molecule has 3 rings (SSSR count). The van der Waals surface area contributed by atoms with Crippen LogP contribution in [0.4, 0.5) is 0 Å². The van der Waals surface area contributed by atoms with Crippen molar-refractivity contribution < 1.29 is 4.74 Å². The van der Waals surface area contributed by atoms with E-state index in [1.54, 1.807) is 0 Å². The van der Waals surface area contributed by atoms with Gasteiger partial charge in [0.05, 0.1) is 11.2 Å². The van der Waals surface area contributed by atoms with Crippen molar-refractivity contribution in [1.29, 1.82) is 0 Å². The summed E-state index contributed by atoms with van der Waals surface area (Å²) in [7, 11) is 0. The van der Waals surface area contributed by atoms with Crippen molar-refractivity contribution >= 4 is 0 Å². The Balaban J connectivity index is 1.71. The van der Waals surface area contributed by atoms with Crippen LogP contribution in [-0.2, 0) is 4.74 Å². The van der Waals surface area contributed by atoms with Crippen molar-refractivity contribution in [1.82, 2.24) is 5.32 Å². The average Bonchev–Trinajstić information content (AvgIpc) is 2.78. The monoisotopic (exact) mass is 251 g/mol. The molecule has 2 nitrogen and oxygen atoms in total. The van der Waals surface area contributed by atoms with Gasteiger partial charge in [0.2, 0.25) is 0 Å². The molecule has 4 atom stereocenters. The van der Waals surface area contributed by atoms with Crippen LogP contribution in [0.5, 0.6) is 0 Å². The number of hydrogen-bond donors (Lipinski definition) is 1. The number of rotatable bonds is 1. The fourth-order valence-electron chi connectivity index (χ4n) is 4.90. The molecule has 0 aromatic rings. The third-order valence-corrected chi connectivity index (χ3v) is 5.57. The van der Waals surface area contributed by atoms with Gasteiger partial charge in [-0.2, -0.15) is 0 Å². The molecule has 1 N–H and O–H groups in total. The second-order valence-electron chi connectivity index (χ2n) is 7.92. The van der Waals surface area contributed by atoms with Gasteiger partial charge in [-0.1, -0.05) is 6.42 Å². The van der Waals surface area contributed by atoms with Gasteiger partial charge >= 0.3 is 0 Å². The summed E-state index contributed by atoms with van der Waals surface area (Å²) in [5.41, 5.74) is 0.0922. The Morgan fingerprint density at radius 2 is 1.72 bits per heavy atom. The third-order valence-electron chi connectivity index (χ3n) is 5.57. The van der Waals surface area contributed by atoms with E-state index >= 15 is 0 Å². The van der Waals surface area contributed by atoms with Gasteiger partial charge in [-0.3, -0.25) is 0 Å². The summed E-state index contributed by atoms with van der Waals surface area (Å²) >= 11 is 0. The van der Waals surface area contributed by atoms with E-state index in [0.717, 1.165) is 12.0 Å². The highest BCUT2D eigenvalue weighted by Crippen LogP contribution is 2.46. The SMILES string of the molecule is CC1(C)CC(C2CCC3CCCC3N2)C(C)(C)O1. The number of fused-ring (bicyclic) bond motifs is 1. The standard InChI is InChI=1S/C16H29NO/c1-15(2)10-12(16(3,4)18-15)14-9-8-11-6-5-7-13(11)17-14/h11-14,17H,5-10H2,1-4H3. The van der Waals surface area contributed by atoms with Gasteiger partial charge in [0.25, 0.3) is 0 Å². The lowest BCUT2D eigenvalue weighted by Crippen LogP contribution is -2.52. The highest BCUT2D eigenvalue weighted by molar-refractivity contribution is 5.03. The molecular weight excluding hydrogens is 222 g/mol. The second-order valence-corrected chi connectivity index (χ2v) is 7.92. The molecule has 0 amide bonds. The van der Waals surface area contributed by atoms with Crippen LogP contribution >= 0.6 is 0 Å². The molecule has 2 heteroatoms. The van der Waals surface area contributed by atoms with Gasteiger partial charge in [0, 0.05) is 18.0 Å². The van der Waals surface area contributed by atoms with Crippen LogP contribution < -0.4 is 5.32 Å². The highest BCUT2D eigenvalue weighted by atomic mass is 16.5. The maximum absolute atomic E-state index is 6.27. The van der Waals surface area contributed by atoms with E-state index < -0.39 is 0 Å². The normalized spacial score (nSPS) is 46.0. The lowest BCUT2D eigenvalue weighted by molar-refractivity contribution is -0.0793. The van der Waals surface area contributed by atoms with Gasteiger partial charge in [0.1, 0.15) is 0 Å². The van der Waals surface area contributed by atoms with E-state index in [0.29, 0.717) is 12.0 Å². The van der Waals surface area contributed by atoms with E-state index in [9.17, 15) is 0 Å². The fraction of sp³-hybridized carbons (Fsp3) is 1.00. The minimum Gasteiger partial charge on any atom is -0.369 e. The van der Waals surface area contributed by atoms with Crippen molar-refractivity contribution in [2.45, 2.75) is 89.5 Å². The van der Waals surface area contributed by atoms with Gasteiger partial charge < -0.3 is 10.1 Å². The van der Waals surface area contributed by atoms with Crippen LogP contribution in [0.3, 0.4) is 0 Å². The maximum Gasteiger partial charge on any atom is 0.0677 e. The molecule has 0 bridgehead atoms. The summed E-state index contributed by atoms with van der Waals surface area (Å²) in [6.45, 7) is 9.07. The van der Waals surface area contributed by atoms with Crippen molar-refractivity contribution in [3.8, 4) is 0 Å². The van der Waals surface area contributed by atoms with Crippen molar-refractivity contribution in [3.05, 3.63) is 0 Å². The van der Waals surface area contributed by atoms with Gasteiger partial charge in [-0.15, -0.1) is 0 Å². The number of hydrogen-bond acceptors (Lipinski definition) is 2. The largest absolute Gasteiger partial charge is 0.369 e. The van der Waals surface area contributed by atoms with Crippen molar-refractivity contribution in [2.24, 2.45) is 11.8 Å². The molecule has 2 heterocycles. The van der Waals surface area contributed by atoms with Gasteiger partial charge in [-0.05, 0) is 65.7 Å². The van der Waals surface area contributed by atoms with Crippen LogP contribution in [0, 0.1) is 11.8 Å². The van der Waals surface area contributed by atoms with E-state index in [2.05, 4.69) is 33.0 Å². The first-order chi connectivity index (χ1) is 8.37. The Kier molecular flexibility index (Phi) is 3.02. The predicted molar refractivity (Wildman–Crippen MR) is 74.6 cm³/mol. The molecule has 4 unspecified atom stereocenters. The topological polar surface area (TPSA) is 21.3 Å². The third kappa shape index (κ3) is 2.22. The molecule has 0 spiro atoms. The first-order valence-electron chi connectivity index (χ1n) is 7.84. The average molecular weight is 251 g/mol. The molecule has 3 fully saturated rings. The molecule has 3 aliphatic rings. The molecule has 2 aliphatic heterocycles. The predicted octanol–water partition coefficient (Wildman–Crippen LogP) is 3.50. The lowest BCUT2D eigenvalue weighted by atomic mass is 9.76. The zero-order chi connectivity index (χ0) is 13.0. The Morgan fingerprint density at radius 3 is 2.39 bits per heavy atom. The summed E-state index contributed by atoms with van der Waals surface area (Å²) in [5, 5.41) is 3.97. The van der Waals surface area contributed by atoms with Crippen LogP contribution in [0.25, 0.3) is 0 Å². The molecule has 1 aliphatic carbocycles. The number of ether oxygens (including phenoxy) is 1. The second kappa shape index (κ2) is 4.21. The summed E-state index contributed by atoms with van der Waals surface area (Å²) in [4.78, 5) is 0. The minimum atomic E-state index is 0.0343. The maximum atomic E-state index is 6.27. The van der Waals surface area contributed by atoms with E-state index in [1.807, 2.05) is 0 Å². The summed E-state index contributed by atoms with van der Waals surface area (Å²) in [5.74, 6) is 1.65. The smallest absolute Gasteiger partial charge is 0.0677 e. The quantitative estimate of drug-likeness (QED) is 0.770. The first-order valence-corrected chi connectivity index (χ1v) is 7.84. The lowest BCUT2D eigenvalue weighted by Gasteiger charge is -2.40. The van der Waals surface area contributed by atoms with E-state index in [4.69, 9.17) is 4.74 Å². The Hall–Kier alpha value is -0.0800. The molecule has 0 aromatic carbocycles. The van der Waals surface area contributed by atoms with Crippen LogP contribution in [0.2, 0.25) is 0 Å². The fourth-order valence-corrected chi connectivity index (χ4v) is 4.90. The van der Waals surface area contributed by atoms with E-state index in [-0.39, 0.29) is 11.2 Å². The van der Waals surface area contributed by atoms with Gasteiger partial charge in [0.15, 0.2) is 0 Å². The summed E-state index contributed by atoms with van der Waals surface area (Å²) in [6.07, 6.45) is 8.29. The molecule has 1 saturated carbocycles. The van der Waals surface area contributed by atoms with Crippen LogP contribution in [0.15, 0.2) is 0 Å².